The van der Waals surface area contributed by atoms with E-state index >= 15 is 0 Å². The lowest BCUT2D eigenvalue weighted by Crippen LogP contribution is -2.29. The van der Waals surface area contributed by atoms with Crippen molar-refractivity contribution in [2.24, 2.45) is 5.92 Å². The minimum Gasteiger partial charge on any atom is -0.316 e. The van der Waals surface area contributed by atoms with Crippen LogP contribution >= 0.6 is 12.4 Å². The van der Waals surface area contributed by atoms with Gasteiger partial charge in [-0.3, -0.25) is 0 Å². The fraction of sp³-hybridized carbons (Fsp3) is 1.00. The quantitative estimate of drug-likeness (QED) is 0.679. The van der Waals surface area contributed by atoms with Gasteiger partial charge in [-0.25, -0.2) is 0 Å². The second-order valence-corrected chi connectivity index (χ2v) is 4.06. The van der Waals surface area contributed by atoms with Gasteiger partial charge >= 0.3 is 0 Å². The molecule has 1 aliphatic rings. The molecule has 1 N–H and O–H groups in total. The molecule has 1 fully saturated rings. The largest absolute Gasteiger partial charge is 0.316 e. The lowest BCUT2D eigenvalue weighted by molar-refractivity contribution is 0.346. The van der Waals surface area contributed by atoms with Crippen LogP contribution in [0.25, 0.3) is 0 Å². The zero-order chi connectivity index (χ0) is 8.65. The predicted octanol–water partition coefficient (Wildman–Crippen LogP) is 3.38. The number of hydrogen-bond acceptors (Lipinski definition) is 1. The van der Waals surface area contributed by atoms with Crippen molar-refractivity contribution in [2.45, 2.75) is 51.9 Å². The van der Waals surface area contributed by atoms with Crippen molar-refractivity contribution in [3.05, 3.63) is 0 Å². The van der Waals surface area contributed by atoms with Crippen LogP contribution in [-0.2, 0) is 0 Å². The first-order valence-electron chi connectivity index (χ1n) is 5.64. The van der Waals surface area contributed by atoms with Crippen molar-refractivity contribution in [3.8, 4) is 0 Å². The number of piperidine rings is 1. The molecule has 1 saturated heterocycles. The van der Waals surface area contributed by atoms with E-state index in [1.807, 2.05) is 0 Å². The van der Waals surface area contributed by atoms with Crippen LogP contribution in [0.15, 0.2) is 0 Å². The van der Waals surface area contributed by atoms with E-state index in [9.17, 15) is 0 Å². The lowest BCUT2D eigenvalue weighted by atomic mass is 9.93. The van der Waals surface area contributed by atoms with Gasteiger partial charge in [-0.1, -0.05) is 32.6 Å². The van der Waals surface area contributed by atoms with Gasteiger partial charge in [0, 0.05) is 0 Å². The highest BCUT2D eigenvalue weighted by molar-refractivity contribution is 5.85. The van der Waals surface area contributed by atoms with Crippen molar-refractivity contribution in [2.75, 3.05) is 13.1 Å². The molecule has 0 radical (unpaired) electrons. The summed E-state index contributed by atoms with van der Waals surface area (Å²) in [5, 5.41) is 3.48. The second kappa shape index (κ2) is 8.83. The molecule has 0 aromatic heterocycles. The molecule has 0 aliphatic carbocycles. The highest BCUT2D eigenvalue weighted by atomic mass is 35.5. The van der Waals surface area contributed by atoms with E-state index in [1.165, 1.54) is 58.0 Å². The van der Waals surface area contributed by atoms with Crippen LogP contribution in [0.5, 0.6) is 0 Å². The number of nitrogens with one attached hydrogen (secondary N) is 1. The zero-order valence-electron chi connectivity index (χ0n) is 8.85. The molecule has 0 aromatic rings. The zero-order valence-corrected chi connectivity index (χ0v) is 9.67. The molecular formula is C11H24ClN. The monoisotopic (exact) mass is 205 g/mol. The SMILES string of the molecule is CCCCCCC1CCCNC1.Cl. The molecule has 0 bridgehead atoms. The van der Waals surface area contributed by atoms with E-state index in [-0.39, 0.29) is 12.4 Å². The Morgan fingerprint density at radius 2 is 2.08 bits per heavy atom. The Balaban J connectivity index is 0.00000144. The average Bonchev–Trinajstić information content (AvgIpc) is 2.14. The van der Waals surface area contributed by atoms with E-state index in [0.717, 1.165) is 5.92 Å². The summed E-state index contributed by atoms with van der Waals surface area (Å²) in [4.78, 5) is 0. The van der Waals surface area contributed by atoms with Crippen LogP contribution in [-0.4, -0.2) is 13.1 Å². The van der Waals surface area contributed by atoms with Crippen LogP contribution < -0.4 is 5.32 Å². The summed E-state index contributed by atoms with van der Waals surface area (Å²) < 4.78 is 0. The van der Waals surface area contributed by atoms with Gasteiger partial charge in [0.25, 0.3) is 0 Å². The van der Waals surface area contributed by atoms with E-state index in [2.05, 4.69) is 12.2 Å². The number of unbranched alkanes of at least 4 members (excludes halogenated alkanes) is 3. The summed E-state index contributed by atoms with van der Waals surface area (Å²) in [5.74, 6) is 0.996. The number of hydrogen-bond donors (Lipinski definition) is 1. The summed E-state index contributed by atoms with van der Waals surface area (Å²) in [6.45, 7) is 4.82. The number of rotatable bonds is 5. The van der Waals surface area contributed by atoms with E-state index in [1.54, 1.807) is 0 Å². The smallest absolute Gasteiger partial charge is 0.00205 e. The summed E-state index contributed by atoms with van der Waals surface area (Å²) in [5.41, 5.74) is 0. The van der Waals surface area contributed by atoms with Crippen LogP contribution in [0.1, 0.15) is 51.9 Å². The molecule has 0 saturated carbocycles. The molecule has 1 aliphatic heterocycles. The molecule has 1 atom stereocenters. The summed E-state index contributed by atoms with van der Waals surface area (Å²) in [6.07, 6.45) is 10.0. The van der Waals surface area contributed by atoms with Crippen molar-refractivity contribution < 1.29 is 0 Å². The third kappa shape index (κ3) is 6.34. The first-order chi connectivity index (χ1) is 5.93. The van der Waals surface area contributed by atoms with Crippen LogP contribution in [0.4, 0.5) is 0 Å². The normalized spacial score (nSPS) is 22.4. The maximum absolute atomic E-state index is 3.48. The van der Waals surface area contributed by atoms with Gasteiger partial charge in [-0.05, 0) is 38.3 Å². The van der Waals surface area contributed by atoms with Crippen molar-refractivity contribution in [1.82, 2.24) is 5.32 Å². The van der Waals surface area contributed by atoms with Crippen LogP contribution in [0.2, 0.25) is 0 Å². The summed E-state index contributed by atoms with van der Waals surface area (Å²) in [6, 6.07) is 0. The molecule has 0 amide bonds. The van der Waals surface area contributed by atoms with Crippen LogP contribution in [0.3, 0.4) is 0 Å². The third-order valence-electron chi connectivity index (χ3n) is 2.86. The molecule has 13 heavy (non-hydrogen) atoms. The molecule has 80 valence electrons. The van der Waals surface area contributed by atoms with Crippen molar-refractivity contribution in [3.63, 3.8) is 0 Å². The molecular weight excluding hydrogens is 182 g/mol. The topological polar surface area (TPSA) is 12.0 Å². The second-order valence-electron chi connectivity index (χ2n) is 4.06. The Hall–Kier alpha value is 0.250. The van der Waals surface area contributed by atoms with Gasteiger partial charge in [0.15, 0.2) is 0 Å². The Labute approximate surface area is 89.1 Å². The minimum atomic E-state index is 0. The molecule has 1 rings (SSSR count). The van der Waals surface area contributed by atoms with Crippen molar-refractivity contribution >= 4 is 12.4 Å². The highest BCUT2D eigenvalue weighted by Crippen LogP contribution is 2.17. The van der Waals surface area contributed by atoms with Gasteiger partial charge in [-0.15, -0.1) is 12.4 Å². The van der Waals surface area contributed by atoms with E-state index in [0.29, 0.717) is 0 Å². The van der Waals surface area contributed by atoms with Crippen molar-refractivity contribution in [1.29, 1.82) is 0 Å². The molecule has 1 heterocycles. The lowest BCUT2D eigenvalue weighted by Gasteiger charge is -2.22. The fourth-order valence-corrected chi connectivity index (χ4v) is 2.03. The first-order valence-corrected chi connectivity index (χ1v) is 5.64. The standard InChI is InChI=1S/C11H23N.ClH/c1-2-3-4-5-7-11-8-6-9-12-10-11;/h11-12H,2-10H2,1H3;1H. The predicted molar refractivity (Wildman–Crippen MR) is 61.6 cm³/mol. The Morgan fingerprint density at radius 3 is 2.69 bits per heavy atom. The Bertz CT molecular complexity index is 100. The molecule has 0 aromatic carbocycles. The Morgan fingerprint density at radius 1 is 1.23 bits per heavy atom. The molecule has 1 nitrogen and oxygen atoms in total. The van der Waals surface area contributed by atoms with E-state index in [4.69, 9.17) is 0 Å². The number of halogens is 1. The van der Waals surface area contributed by atoms with E-state index < -0.39 is 0 Å². The van der Waals surface area contributed by atoms with Gasteiger partial charge in [0.2, 0.25) is 0 Å². The first kappa shape index (κ1) is 13.2. The molecule has 0 spiro atoms. The van der Waals surface area contributed by atoms with Crippen LogP contribution in [0, 0.1) is 5.92 Å². The van der Waals surface area contributed by atoms with Gasteiger partial charge < -0.3 is 5.32 Å². The highest BCUT2D eigenvalue weighted by Gasteiger charge is 2.11. The molecule has 2 heteroatoms. The van der Waals surface area contributed by atoms with Gasteiger partial charge in [0.1, 0.15) is 0 Å². The molecule has 1 unspecified atom stereocenters. The summed E-state index contributed by atoms with van der Waals surface area (Å²) in [7, 11) is 0. The Kier molecular flexibility index (Phi) is 9.00. The summed E-state index contributed by atoms with van der Waals surface area (Å²) >= 11 is 0. The maximum atomic E-state index is 3.48. The van der Waals surface area contributed by atoms with Gasteiger partial charge in [0.05, 0.1) is 0 Å². The fourth-order valence-electron chi connectivity index (χ4n) is 2.03. The third-order valence-corrected chi connectivity index (χ3v) is 2.86. The minimum absolute atomic E-state index is 0. The maximum Gasteiger partial charge on any atom is -0.00205 e. The average molecular weight is 206 g/mol. The van der Waals surface area contributed by atoms with Gasteiger partial charge in [-0.2, -0.15) is 0 Å².